The summed E-state index contributed by atoms with van der Waals surface area (Å²) in [6.45, 7) is 0. The third kappa shape index (κ3) is 1.57. The number of H-pyrrole nitrogens is 1. The van der Waals surface area contributed by atoms with Crippen molar-refractivity contribution in [3.63, 3.8) is 0 Å². The minimum absolute atomic E-state index is 0.202. The standard InChI is InChI=1S/C12H8N4O/c17-11(12-14-7-15-16-12)9-5-1-3-8-4-2-6-13-10(8)9/h1-7H,(H,14,15,16). The van der Waals surface area contributed by atoms with Crippen molar-refractivity contribution in [2.24, 2.45) is 0 Å². The zero-order valence-electron chi connectivity index (χ0n) is 8.79. The molecule has 5 nitrogen and oxygen atoms in total. The molecule has 0 aliphatic heterocycles. The van der Waals surface area contributed by atoms with Crippen LogP contribution in [0.4, 0.5) is 0 Å². The summed E-state index contributed by atoms with van der Waals surface area (Å²) in [5.41, 5.74) is 1.20. The monoisotopic (exact) mass is 224 g/mol. The van der Waals surface area contributed by atoms with Crippen LogP contribution in [0.5, 0.6) is 0 Å². The Bertz CT molecular complexity index is 671. The molecule has 0 saturated carbocycles. The second-order valence-corrected chi connectivity index (χ2v) is 3.54. The number of fused-ring (bicyclic) bond motifs is 1. The fourth-order valence-corrected chi connectivity index (χ4v) is 1.73. The van der Waals surface area contributed by atoms with Crippen LogP contribution < -0.4 is 0 Å². The summed E-state index contributed by atoms with van der Waals surface area (Å²) in [4.78, 5) is 20.2. The predicted octanol–water partition coefficient (Wildman–Crippen LogP) is 1.58. The summed E-state index contributed by atoms with van der Waals surface area (Å²) in [6, 6.07) is 9.23. The fraction of sp³-hybridized carbons (Fsp3) is 0. The Balaban J connectivity index is 2.21. The Morgan fingerprint density at radius 2 is 2.00 bits per heavy atom. The number of aromatic amines is 1. The maximum Gasteiger partial charge on any atom is 0.231 e. The number of hydrogen-bond donors (Lipinski definition) is 1. The summed E-state index contributed by atoms with van der Waals surface area (Å²) in [7, 11) is 0. The molecule has 0 bridgehead atoms. The highest BCUT2D eigenvalue weighted by Crippen LogP contribution is 2.17. The lowest BCUT2D eigenvalue weighted by molar-refractivity contribution is 0.103. The Labute approximate surface area is 96.5 Å². The Morgan fingerprint density at radius 1 is 1.12 bits per heavy atom. The average molecular weight is 224 g/mol. The van der Waals surface area contributed by atoms with Gasteiger partial charge < -0.3 is 0 Å². The zero-order chi connectivity index (χ0) is 11.7. The lowest BCUT2D eigenvalue weighted by Crippen LogP contribution is -2.05. The van der Waals surface area contributed by atoms with Gasteiger partial charge >= 0.3 is 0 Å². The highest BCUT2D eigenvalue weighted by Gasteiger charge is 2.15. The third-order valence-electron chi connectivity index (χ3n) is 2.51. The van der Waals surface area contributed by atoms with Crippen LogP contribution in [-0.2, 0) is 0 Å². The summed E-state index contributed by atoms with van der Waals surface area (Å²) in [5, 5.41) is 7.16. The van der Waals surface area contributed by atoms with Gasteiger partial charge in [0.2, 0.25) is 5.78 Å². The molecule has 1 N–H and O–H groups in total. The van der Waals surface area contributed by atoms with Crippen molar-refractivity contribution in [2.75, 3.05) is 0 Å². The minimum Gasteiger partial charge on any atom is -0.285 e. The number of ketones is 1. The van der Waals surface area contributed by atoms with Crippen molar-refractivity contribution in [3.8, 4) is 0 Å². The topological polar surface area (TPSA) is 71.5 Å². The number of hydrogen-bond acceptors (Lipinski definition) is 4. The SMILES string of the molecule is O=C(c1ncn[nH]1)c1cccc2cccnc12. The molecule has 0 saturated heterocycles. The smallest absolute Gasteiger partial charge is 0.231 e. The van der Waals surface area contributed by atoms with Gasteiger partial charge in [-0.15, -0.1) is 0 Å². The molecule has 0 atom stereocenters. The number of rotatable bonds is 2. The molecule has 2 heterocycles. The fourth-order valence-electron chi connectivity index (χ4n) is 1.73. The number of nitrogens with one attached hydrogen (secondary N) is 1. The van der Waals surface area contributed by atoms with Gasteiger partial charge in [0.25, 0.3) is 0 Å². The van der Waals surface area contributed by atoms with Crippen LogP contribution in [0.3, 0.4) is 0 Å². The minimum atomic E-state index is -0.202. The van der Waals surface area contributed by atoms with Gasteiger partial charge in [-0.1, -0.05) is 18.2 Å². The van der Waals surface area contributed by atoms with Gasteiger partial charge in [0.1, 0.15) is 6.33 Å². The van der Waals surface area contributed by atoms with Crippen molar-refractivity contribution < 1.29 is 4.79 Å². The highest BCUT2D eigenvalue weighted by atomic mass is 16.1. The lowest BCUT2D eigenvalue weighted by Gasteiger charge is -2.02. The summed E-state index contributed by atoms with van der Waals surface area (Å²) in [5.74, 6) is 0.0231. The number of benzene rings is 1. The van der Waals surface area contributed by atoms with Crippen LogP contribution in [0.25, 0.3) is 10.9 Å². The lowest BCUT2D eigenvalue weighted by atomic mass is 10.1. The normalized spacial score (nSPS) is 10.6. The van der Waals surface area contributed by atoms with Gasteiger partial charge in [-0.3, -0.25) is 14.9 Å². The van der Waals surface area contributed by atoms with Crippen LogP contribution in [0.2, 0.25) is 0 Å². The Kier molecular flexibility index (Phi) is 2.15. The molecule has 0 spiro atoms. The molecule has 0 fully saturated rings. The Hall–Kier alpha value is -2.56. The maximum absolute atomic E-state index is 12.1. The van der Waals surface area contributed by atoms with Crippen LogP contribution in [0, 0.1) is 0 Å². The molecule has 1 aromatic carbocycles. The molecule has 0 aliphatic carbocycles. The number of aromatic nitrogens is 4. The van der Waals surface area contributed by atoms with Crippen molar-refractivity contribution in [1.82, 2.24) is 20.2 Å². The first-order valence-corrected chi connectivity index (χ1v) is 5.10. The van der Waals surface area contributed by atoms with Gasteiger partial charge in [-0.25, -0.2) is 4.98 Å². The third-order valence-corrected chi connectivity index (χ3v) is 2.51. The van der Waals surface area contributed by atoms with Crippen LogP contribution in [-0.4, -0.2) is 25.9 Å². The average Bonchev–Trinajstić information content (AvgIpc) is 2.91. The van der Waals surface area contributed by atoms with Crippen LogP contribution in [0.15, 0.2) is 42.9 Å². The van der Waals surface area contributed by atoms with Crippen molar-refractivity contribution in [2.45, 2.75) is 0 Å². The van der Waals surface area contributed by atoms with E-state index in [0.717, 1.165) is 5.39 Å². The van der Waals surface area contributed by atoms with E-state index in [1.165, 1.54) is 6.33 Å². The second kappa shape index (κ2) is 3.79. The molecule has 17 heavy (non-hydrogen) atoms. The van der Waals surface area contributed by atoms with Crippen molar-refractivity contribution in [3.05, 3.63) is 54.2 Å². The van der Waals surface area contributed by atoms with E-state index in [9.17, 15) is 4.79 Å². The molecular weight excluding hydrogens is 216 g/mol. The van der Waals surface area contributed by atoms with Crippen LogP contribution >= 0.6 is 0 Å². The molecule has 5 heteroatoms. The maximum atomic E-state index is 12.1. The number of para-hydroxylation sites is 1. The first-order chi connectivity index (χ1) is 8.36. The van der Waals surface area contributed by atoms with Gasteiger partial charge in [0.05, 0.1) is 11.1 Å². The molecule has 0 aliphatic rings. The molecular formula is C12H8N4O. The number of carbonyl (C=O) groups excluding carboxylic acids is 1. The van der Waals surface area contributed by atoms with E-state index in [1.807, 2.05) is 24.3 Å². The molecule has 0 amide bonds. The van der Waals surface area contributed by atoms with E-state index >= 15 is 0 Å². The van der Waals surface area contributed by atoms with E-state index in [4.69, 9.17) is 0 Å². The van der Waals surface area contributed by atoms with Crippen LogP contribution in [0.1, 0.15) is 16.2 Å². The van der Waals surface area contributed by atoms with E-state index in [2.05, 4.69) is 20.2 Å². The zero-order valence-corrected chi connectivity index (χ0v) is 8.79. The quantitative estimate of drug-likeness (QED) is 0.671. The van der Waals surface area contributed by atoms with Gasteiger partial charge in [-0.2, -0.15) is 5.10 Å². The molecule has 0 unspecified atom stereocenters. The number of pyridine rings is 1. The first kappa shape index (κ1) is 9.65. The largest absolute Gasteiger partial charge is 0.285 e. The summed E-state index contributed by atoms with van der Waals surface area (Å²) < 4.78 is 0. The van der Waals surface area contributed by atoms with E-state index < -0.39 is 0 Å². The van der Waals surface area contributed by atoms with Gasteiger partial charge in [0, 0.05) is 11.6 Å². The van der Waals surface area contributed by atoms with Gasteiger partial charge in [-0.05, 0) is 12.1 Å². The number of nitrogens with zero attached hydrogens (tertiary/aromatic N) is 3. The first-order valence-electron chi connectivity index (χ1n) is 5.10. The van der Waals surface area contributed by atoms with E-state index in [1.54, 1.807) is 12.3 Å². The second-order valence-electron chi connectivity index (χ2n) is 3.54. The van der Waals surface area contributed by atoms with Gasteiger partial charge in [0.15, 0.2) is 5.82 Å². The molecule has 3 rings (SSSR count). The summed E-state index contributed by atoms with van der Waals surface area (Å²) >= 11 is 0. The predicted molar refractivity (Wildman–Crippen MR) is 61.6 cm³/mol. The summed E-state index contributed by atoms with van der Waals surface area (Å²) in [6.07, 6.45) is 2.98. The molecule has 0 radical (unpaired) electrons. The Morgan fingerprint density at radius 3 is 2.82 bits per heavy atom. The van der Waals surface area contributed by atoms with Crippen molar-refractivity contribution >= 4 is 16.7 Å². The van der Waals surface area contributed by atoms with E-state index in [0.29, 0.717) is 11.1 Å². The molecule has 3 aromatic rings. The highest BCUT2D eigenvalue weighted by molar-refractivity contribution is 6.13. The molecule has 82 valence electrons. The number of carbonyl (C=O) groups is 1. The van der Waals surface area contributed by atoms with E-state index in [-0.39, 0.29) is 11.6 Å². The molecule has 2 aromatic heterocycles. The van der Waals surface area contributed by atoms with Crippen molar-refractivity contribution in [1.29, 1.82) is 0 Å².